The fourth-order valence-electron chi connectivity index (χ4n) is 2.81. The molecular weight excluding hydrogens is 288 g/mol. The molecule has 1 aliphatic carbocycles. The minimum atomic E-state index is -0.728. The zero-order valence-corrected chi connectivity index (χ0v) is 13.7. The molecule has 0 saturated heterocycles. The predicted molar refractivity (Wildman–Crippen MR) is 82.1 cm³/mol. The van der Waals surface area contributed by atoms with E-state index in [2.05, 4.69) is 17.1 Å². The minimum absolute atomic E-state index is 0.203. The highest BCUT2D eigenvalue weighted by molar-refractivity contribution is 7.98. The zero-order chi connectivity index (χ0) is 15.1. The second-order valence-corrected chi connectivity index (χ2v) is 6.64. The van der Waals surface area contributed by atoms with Crippen LogP contribution in [0.15, 0.2) is 4.52 Å². The summed E-state index contributed by atoms with van der Waals surface area (Å²) in [6, 6.07) is 0. The average molecular weight is 312 g/mol. The molecule has 118 valence electrons. The quantitative estimate of drug-likeness (QED) is 0.592. The number of thioether (sulfide) groups is 1. The van der Waals surface area contributed by atoms with E-state index in [4.69, 9.17) is 9.26 Å². The van der Waals surface area contributed by atoms with E-state index >= 15 is 0 Å². The third-order valence-electron chi connectivity index (χ3n) is 3.94. The summed E-state index contributed by atoms with van der Waals surface area (Å²) in [5.41, 5.74) is -0.728. The molecule has 1 heterocycles. The van der Waals surface area contributed by atoms with Gasteiger partial charge in [-0.3, -0.25) is 4.79 Å². The van der Waals surface area contributed by atoms with Gasteiger partial charge in [0.25, 0.3) is 0 Å². The van der Waals surface area contributed by atoms with Crippen LogP contribution in [-0.4, -0.2) is 28.5 Å². The Labute approximate surface area is 130 Å². The van der Waals surface area contributed by atoms with Crippen molar-refractivity contribution in [1.29, 1.82) is 0 Å². The summed E-state index contributed by atoms with van der Waals surface area (Å²) in [6.45, 7) is 4.31. The molecule has 1 fully saturated rings. The van der Waals surface area contributed by atoms with Gasteiger partial charge in [-0.2, -0.15) is 16.7 Å². The van der Waals surface area contributed by atoms with Gasteiger partial charge in [0.1, 0.15) is 5.41 Å². The summed E-state index contributed by atoms with van der Waals surface area (Å²) in [5.74, 6) is 2.65. The molecule has 1 saturated carbocycles. The third-order valence-corrected chi connectivity index (χ3v) is 4.81. The van der Waals surface area contributed by atoms with E-state index in [1.54, 1.807) is 11.8 Å². The van der Waals surface area contributed by atoms with Crippen LogP contribution in [0.4, 0.5) is 0 Å². The Morgan fingerprint density at radius 2 is 2.00 bits per heavy atom. The van der Waals surface area contributed by atoms with Crippen molar-refractivity contribution in [1.82, 2.24) is 10.1 Å². The number of rotatable bonds is 6. The van der Waals surface area contributed by atoms with Crippen molar-refractivity contribution in [2.45, 2.75) is 63.5 Å². The van der Waals surface area contributed by atoms with Crippen molar-refractivity contribution in [2.24, 2.45) is 0 Å². The highest BCUT2D eigenvalue weighted by Crippen LogP contribution is 2.39. The van der Waals surface area contributed by atoms with Crippen molar-refractivity contribution in [3.8, 4) is 0 Å². The molecule has 2 rings (SSSR count). The van der Waals surface area contributed by atoms with E-state index in [0.717, 1.165) is 50.0 Å². The van der Waals surface area contributed by atoms with Crippen LogP contribution in [0, 0.1) is 0 Å². The number of carbonyl (C=O) groups excluding carboxylic acids is 1. The maximum atomic E-state index is 12.5. The molecule has 1 aliphatic rings. The fourth-order valence-corrected chi connectivity index (χ4v) is 3.31. The topological polar surface area (TPSA) is 65.2 Å². The number of carbonyl (C=O) groups is 1. The Kier molecular flexibility index (Phi) is 6.08. The number of ether oxygens (including phenoxy) is 1. The minimum Gasteiger partial charge on any atom is -0.465 e. The van der Waals surface area contributed by atoms with Crippen LogP contribution in [0.5, 0.6) is 0 Å². The molecule has 0 N–H and O–H groups in total. The first-order valence-corrected chi connectivity index (χ1v) is 8.96. The molecule has 0 spiro atoms. The van der Waals surface area contributed by atoms with Crippen molar-refractivity contribution >= 4 is 17.7 Å². The van der Waals surface area contributed by atoms with Gasteiger partial charge in [0, 0.05) is 0 Å². The lowest BCUT2D eigenvalue weighted by molar-refractivity contribution is -0.152. The van der Waals surface area contributed by atoms with Gasteiger partial charge in [-0.25, -0.2) is 0 Å². The number of aromatic nitrogens is 2. The Morgan fingerprint density at radius 1 is 1.29 bits per heavy atom. The number of esters is 1. The lowest BCUT2D eigenvalue weighted by atomic mass is 9.80. The predicted octanol–water partition coefficient (Wildman–Crippen LogP) is 3.48. The second kappa shape index (κ2) is 7.82. The van der Waals surface area contributed by atoms with Gasteiger partial charge in [0.2, 0.25) is 5.89 Å². The molecule has 0 amide bonds. The SMILES string of the molecule is CCOC(=O)C1(c2nc(CSCC)no2)CCCCCC1. The average Bonchev–Trinajstić information content (AvgIpc) is 2.82. The molecule has 5 nitrogen and oxygen atoms in total. The number of hydrogen-bond donors (Lipinski definition) is 0. The highest BCUT2D eigenvalue weighted by atomic mass is 32.2. The van der Waals surface area contributed by atoms with Crippen LogP contribution < -0.4 is 0 Å². The molecule has 0 aliphatic heterocycles. The first kappa shape index (κ1) is 16.3. The van der Waals surface area contributed by atoms with Crippen molar-refractivity contribution < 1.29 is 14.1 Å². The van der Waals surface area contributed by atoms with Gasteiger partial charge >= 0.3 is 5.97 Å². The molecule has 0 aromatic carbocycles. The monoisotopic (exact) mass is 312 g/mol. The molecular formula is C15H24N2O3S. The molecule has 6 heteroatoms. The first-order valence-electron chi connectivity index (χ1n) is 7.81. The Hall–Kier alpha value is -1.04. The molecule has 0 radical (unpaired) electrons. The van der Waals surface area contributed by atoms with Gasteiger partial charge < -0.3 is 9.26 Å². The van der Waals surface area contributed by atoms with Gasteiger partial charge in [-0.05, 0) is 25.5 Å². The Bertz CT molecular complexity index is 454. The van der Waals surface area contributed by atoms with Crippen LogP contribution in [0.3, 0.4) is 0 Å². The van der Waals surface area contributed by atoms with E-state index in [0.29, 0.717) is 18.3 Å². The van der Waals surface area contributed by atoms with Gasteiger partial charge in [0.05, 0.1) is 12.4 Å². The zero-order valence-electron chi connectivity index (χ0n) is 12.9. The van der Waals surface area contributed by atoms with E-state index in [9.17, 15) is 4.79 Å². The molecule has 1 aromatic heterocycles. The molecule has 1 aromatic rings. The van der Waals surface area contributed by atoms with Crippen molar-refractivity contribution in [3.63, 3.8) is 0 Å². The van der Waals surface area contributed by atoms with Crippen molar-refractivity contribution in [3.05, 3.63) is 11.7 Å². The smallest absolute Gasteiger partial charge is 0.321 e. The van der Waals surface area contributed by atoms with Crippen LogP contribution in [0.2, 0.25) is 0 Å². The maximum absolute atomic E-state index is 12.5. The molecule has 21 heavy (non-hydrogen) atoms. The largest absolute Gasteiger partial charge is 0.465 e. The number of nitrogens with zero attached hydrogens (tertiary/aromatic N) is 2. The van der Waals surface area contributed by atoms with Gasteiger partial charge in [-0.15, -0.1) is 0 Å². The van der Waals surface area contributed by atoms with E-state index in [1.165, 1.54) is 0 Å². The normalized spacial score (nSPS) is 18.2. The Balaban J connectivity index is 2.25. The van der Waals surface area contributed by atoms with E-state index < -0.39 is 5.41 Å². The summed E-state index contributed by atoms with van der Waals surface area (Å²) in [7, 11) is 0. The van der Waals surface area contributed by atoms with E-state index in [1.807, 2.05) is 6.92 Å². The van der Waals surface area contributed by atoms with Crippen LogP contribution >= 0.6 is 11.8 Å². The van der Waals surface area contributed by atoms with Crippen LogP contribution in [0.25, 0.3) is 0 Å². The summed E-state index contributed by atoms with van der Waals surface area (Å²) >= 11 is 1.74. The number of hydrogen-bond acceptors (Lipinski definition) is 6. The molecule has 0 atom stereocenters. The molecule has 0 unspecified atom stereocenters. The maximum Gasteiger partial charge on any atom is 0.321 e. The Morgan fingerprint density at radius 3 is 2.62 bits per heavy atom. The van der Waals surface area contributed by atoms with E-state index in [-0.39, 0.29) is 5.97 Å². The van der Waals surface area contributed by atoms with Gasteiger partial charge in [0.15, 0.2) is 5.82 Å². The van der Waals surface area contributed by atoms with Crippen LogP contribution in [-0.2, 0) is 20.7 Å². The van der Waals surface area contributed by atoms with Crippen LogP contribution in [0.1, 0.15) is 64.1 Å². The third kappa shape index (κ3) is 3.78. The lowest BCUT2D eigenvalue weighted by Crippen LogP contribution is -2.37. The summed E-state index contributed by atoms with van der Waals surface area (Å²) in [5, 5.41) is 4.03. The summed E-state index contributed by atoms with van der Waals surface area (Å²) in [4.78, 5) is 17.0. The van der Waals surface area contributed by atoms with Gasteiger partial charge in [-0.1, -0.05) is 37.8 Å². The lowest BCUT2D eigenvalue weighted by Gasteiger charge is -2.25. The second-order valence-electron chi connectivity index (χ2n) is 5.37. The molecule has 0 bridgehead atoms. The standard InChI is InChI=1S/C15H24N2O3S/c1-3-19-14(18)15(9-7-5-6-8-10-15)13-16-12(17-20-13)11-21-4-2/h3-11H2,1-2H3. The fraction of sp³-hybridized carbons (Fsp3) is 0.800. The summed E-state index contributed by atoms with van der Waals surface area (Å²) < 4.78 is 10.8. The summed E-state index contributed by atoms with van der Waals surface area (Å²) in [6.07, 6.45) is 5.78. The first-order chi connectivity index (χ1) is 10.2. The highest BCUT2D eigenvalue weighted by Gasteiger charge is 2.46. The van der Waals surface area contributed by atoms with Crippen molar-refractivity contribution in [2.75, 3.05) is 12.4 Å².